The maximum absolute atomic E-state index is 11.7. The van der Waals surface area contributed by atoms with Crippen molar-refractivity contribution in [3.63, 3.8) is 0 Å². The van der Waals surface area contributed by atoms with E-state index in [9.17, 15) is 4.79 Å². The van der Waals surface area contributed by atoms with Gasteiger partial charge in [0.05, 0.1) is 19.8 Å². The second-order valence-corrected chi connectivity index (χ2v) is 5.58. The normalized spacial score (nSPS) is 22.9. The summed E-state index contributed by atoms with van der Waals surface area (Å²) in [6.07, 6.45) is 1.72. The molecule has 2 saturated heterocycles. The highest BCUT2D eigenvalue weighted by Gasteiger charge is 2.18. The summed E-state index contributed by atoms with van der Waals surface area (Å²) in [5, 5.41) is 0. The molecule has 0 aromatic carbocycles. The Morgan fingerprint density at radius 2 is 1.90 bits per heavy atom. The van der Waals surface area contributed by atoms with E-state index in [-0.39, 0.29) is 0 Å². The van der Waals surface area contributed by atoms with Crippen LogP contribution in [0, 0.1) is 5.92 Å². The van der Waals surface area contributed by atoms with Crippen molar-refractivity contribution in [1.82, 2.24) is 9.80 Å². The Balaban J connectivity index is 1.71. The minimum absolute atomic E-state index is 0.465. The Kier molecular flexibility index (Phi) is 5.79. The molecule has 0 bridgehead atoms. The van der Waals surface area contributed by atoms with E-state index in [1.807, 2.05) is 6.92 Å². The molecule has 6 heteroatoms. The van der Waals surface area contributed by atoms with E-state index in [1.54, 1.807) is 0 Å². The van der Waals surface area contributed by atoms with Crippen molar-refractivity contribution in [2.75, 3.05) is 53.0 Å². The Bertz CT molecular complexity index is 346. The number of ether oxygens (including phenoxy) is 2. The fourth-order valence-corrected chi connectivity index (χ4v) is 2.54. The smallest absolute Gasteiger partial charge is 0.435 e. The molecule has 0 aliphatic carbocycles. The molecular weight excluding hydrogens is 258 g/mol. The van der Waals surface area contributed by atoms with Crippen LogP contribution in [0.5, 0.6) is 0 Å². The van der Waals surface area contributed by atoms with E-state index in [0.29, 0.717) is 25.7 Å². The molecule has 0 aromatic heterocycles. The van der Waals surface area contributed by atoms with E-state index >= 15 is 0 Å². The first-order chi connectivity index (χ1) is 9.65. The molecular formula is C14H25N3O3. The van der Waals surface area contributed by atoms with Gasteiger partial charge in [0.25, 0.3) is 0 Å². The summed E-state index contributed by atoms with van der Waals surface area (Å²) in [6.45, 7) is 7.47. The lowest BCUT2D eigenvalue weighted by Gasteiger charge is -2.29. The summed E-state index contributed by atoms with van der Waals surface area (Å²) in [5.41, 5.74) is 0. The van der Waals surface area contributed by atoms with Crippen molar-refractivity contribution >= 4 is 11.9 Å². The number of carbonyl (C=O) groups is 1. The molecule has 114 valence electrons. The molecule has 2 aliphatic heterocycles. The zero-order valence-corrected chi connectivity index (χ0v) is 12.5. The van der Waals surface area contributed by atoms with Gasteiger partial charge in [-0.05, 0) is 45.8 Å². The SMILES string of the molecule is C/C(=N/C(=O)OCC1CCN(C)CC1)N1CCOCC1. The maximum atomic E-state index is 11.7. The van der Waals surface area contributed by atoms with Crippen LogP contribution in [0.15, 0.2) is 4.99 Å². The summed E-state index contributed by atoms with van der Waals surface area (Å²) >= 11 is 0. The lowest BCUT2D eigenvalue weighted by molar-refractivity contribution is 0.0673. The summed E-state index contributed by atoms with van der Waals surface area (Å²) in [5.74, 6) is 1.20. The number of likely N-dealkylation sites (tertiary alicyclic amines) is 1. The van der Waals surface area contributed by atoms with Crippen molar-refractivity contribution in [3.8, 4) is 0 Å². The standard InChI is InChI=1S/C14H25N3O3/c1-12(17-7-9-19-10-8-17)15-14(18)20-11-13-3-5-16(2)6-4-13/h13H,3-11H2,1-2H3/b15-12-. The molecule has 0 spiro atoms. The molecule has 2 aliphatic rings. The number of amides is 1. The molecule has 2 fully saturated rings. The van der Waals surface area contributed by atoms with Gasteiger partial charge in [-0.15, -0.1) is 0 Å². The van der Waals surface area contributed by atoms with Crippen LogP contribution in [0.3, 0.4) is 0 Å². The molecule has 2 heterocycles. The van der Waals surface area contributed by atoms with E-state index in [2.05, 4.69) is 21.8 Å². The van der Waals surface area contributed by atoms with Crippen LogP contribution >= 0.6 is 0 Å². The number of amidine groups is 1. The summed E-state index contributed by atoms with van der Waals surface area (Å²) in [7, 11) is 2.12. The van der Waals surface area contributed by atoms with Crippen LogP contribution in [-0.2, 0) is 9.47 Å². The number of rotatable bonds is 2. The van der Waals surface area contributed by atoms with Gasteiger partial charge in [-0.3, -0.25) is 0 Å². The van der Waals surface area contributed by atoms with Gasteiger partial charge in [0.15, 0.2) is 0 Å². The molecule has 20 heavy (non-hydrogen) atoms. The largest absolute Gasteiger partial charge is 0.448 e. The zero-order valence-electron chi connectivity index (χ0n) is 12.5. The number of hydrogen-bond donors (Lipinski definition) is 0. The first-order valence-corrected chi connectivity index (χ1v) is 7.38. The first-order valence-electron chi connectivity index (χ1n) is 7.38. The second-order valence-electron chi connectivity index (χ2n) is 5.58. The van der Waals surface area contributed by atoms with Gasteiger partial charge in [-0.25, -0.2) is 4.79 Å². The summed E-state index contributed by atoms with van der Waals surface area (Å²) < 4.78 is 10.5. The number of nitrogens with zero attached hydrogens (tertiary/aromatic N) is 3. The highest BCUT2D eigenvalue weighted by Crippen LogP contribution is 2.16. The molecule has 0 aromatic rings. The van der Waals surface area contributed by atoms with Gasteiger partial charge in [-0.1, -0.05) is 0 Å². The zero-order chi connectivity index (χ0) is 14.4. The first kappa shape index (κ1) is 15.3. The van der Waals surface area contributed by atoms with Gasteiger partial charge in [-0.2, -0.15) is 4.99 Å². The predicted molar refractivity (Wildman–Crippen MR) is 77.1 cm³/mol. The number of hydrogen-bond acceptors (Lipinski definition) is 4. The minimum Gasteiger partial charge on any atom is -0.448 e. The van der Waals surface area contributed by atoms with Crippen LogP contribution < -0.4 is 0 Å². The van der Waals surface area contributed by atoms with Gasteiger partial charge in [0.1, 0.15) is 5.84 Å². The second kappa shape index (κ2) is 7.59. The third-order valence-corrected chi connectivity index (χ3v) is 4.00. The maximum Gasteiger partial charge on any atom is 0.435 e. The van der Waals surface area contributed by atoms with E-state index < -0.39 is 6.09 Å². The molecule has 0 N–H and O–H groups in total. The van der Waals surface area contributed by atoms with Crippen molar-refractivity contribution in [2.24, 2.45) is 10.9 Å². The molecule has 0 atom stereocenters. The van der Waals surface area contributed by atoms with Crippen LogP contribution in [0.2, 0.25) is 0 Å². The Morgan fingerprint density at radius 3 is 2.55 bits per heavy atom. The highest BCUT2D eigenvalue weighted by atomic mass is 16.5. The van der Waals surface area contributed by atoms with Crippen molar-refractivity contribution in [3.05, 3.63) is 0 Å². The summed E-state index contributed by atoms with van der Waals surface area (Å²) in [4.78, 5) is 20.1. The van der Waals surface area contributed by atoms with Crippen LogP contribution in [-0.4, -0.2) is 74.8 Å². The van der Waals surface area contributed by atoms with Crippen LogP contribution in [0.1, 0.15) is 19.8 Å². The molecule has 0 radical (unpaired) electrons. The van der Waals surface area contributed by atoms with E-state index in [4.69, 9.17) is 9.47 Å². The topological polar surface area (TPSA) is 54.4 Å². The minimum atomic E-state index is -0.465. The molecule has 0 unspecified atom stereocenters. The predicted octanol–water partition coefficient (Wildman–Crippen LogP) is 1.22. The van der Waals surface area contributed by atoms with Gasteiger partial charge in [0.2, 0.25) is 0 Å². The molecule has 6 nitrogen and oxygen atoms in total. The monoisotopic (exact) mass is 283 g/mol. The molecule has 2 rings (SSSR count). The average Bonchev–Trinajstić information content (AvgIpc) is 2.47. The van der Waals surface area contributed by atoms with Crippen molar-refractivity contribution in [1.29, 1.82) is 0 Å². The lowest BCUT2D eigenvalue weighted by Crippen LogP contribution is -2.39. The van der Waals surface area contributed by atoms with Crippen LogP contribution in [0.25, 0.3) is 0 Å². The fraction of sp³-hybridized carbons (Fsp3) is 0.857. The third-order valence-electron chi connectivity index (χ3n) is 4.00. The van der Waals surface area contributed by atoms with Crippen molar-refractivity contribution < 1.29 is 14.3 Å². The Hall–Kier alpha value is -1.14. The summed E-state index contributed by atoms with van der Waals surface area (Å²) in [6, 6.07) is 0. The number of carbonyl (C=O) groups excluding carboxylic acids is 1. The highest BCUT2D eigenvalue weighted by molar-refractivity contribution is 5.90. The average molecular weight is 283 g/mol. The van der Waals surface area contributed by atoms with E-state index in [1.165, 1.54) is 0 Å². The molecule has 0 saturated carbocycles. The Morgan fingerprint density at radius 1 is 1.25 bits per heavy atom. The number of morpholine rings is 1. The third kappa shape index (κ3) is 4.76. The quantitative estimate of drug-likeness (QED) is 0.563. The van der Waals surface area contributed by atoms with Gasteiger partial charge < -0.3 is 19.3 Å². The van der Waals surface area contributed by atoms with E-state index in [0.717, 1.165) is 44.9 Å². The van der Waals surface area contributed by atoms with Gasteiger partial charge >= 0.3 is 6.09 Å². The lowest BCUT2D eigenvalue weighted by atomic mass is 9.98. The number of aliphatic imine (C=N–C) groups is 1. The Labute approximate surface area is 120 Å². The molecule has 1 amide bonds. The number of piperidine rings is 1. The van der Waals surface area contributed by atoms with Crippen molar-refractivity contribution in [2.45, 2.75) is 19.8 Å². The fourth-order valence-electron chi connectivity index (χ4n) is 2.54. The van der Waals surface area contributed by atoms with Crippen LogP contribution in [0.4, 0.5) is 4.79 Å². The van der Waals surface area contributed by atoms with Gasteiger partial charge in [0, 0.05) is 13.1 Å².